The summed E-state index contributed by atoms with van der Waals surface area (Å²) in [6, 6.07) is 10.4. The molecule has 0 bridgehead atoms. The first kappa shape index (κ1) is 19.9. The van der Waals surface area contributed by atoms with Crippen molar-refractivity contribution in [3.8, 4) is 11.5 Å². The van der Waals surface area contributed by atoms with Crippen LogP contribution in [0.4, 0.5) is 20.7 Å². The number of hydrogen-bond donors (Lipinski definition) is 3. The van der Waals surface area contributed by atoms with E-state index >= 15 is 0 Å². The van der Waals surface area contributed by atoms with Crippen LogP contribution in [0, 0.1) is 5.82 Å². The zero-order valence-corrected chi connectivity index (χ0v) is 16.7. The van der Waals surface area contributed by atoms with Crippen molar-refractivity contribution >= 4 is 39.2 Å². The van der Waals surface area contributed by atoms with Crippen LogP contribution in [0.2, 0.25) is 5.02 Å². The molecule has 0 atom stereocenters. The fourth-order valence-electron chi connectivity index (χ4n) is 2.76. The van der Waals surface area contributed by atoms with Gasteiger partial charge in [-0.2, -0.15) is 0 Å². The van der Waals surface area contributed by atoms with Crippen molar-refractivity contribution in [2.75, 3.05) is 10.0 Å². The van der Waals surface area contributed by atoms with Gasteiger partial charge in [-0.1, -0.05) is 11.6 Å². The highest BCUT2D eigenvalue weighted by molar-refractivity contribution is 7.92. The number of nitrogens with one attached hydrogen (secondary N) is 3. The van der Waals surface area contributed by atoms with Crippen LogP contribution in [0.15, 0.2) is 59.6 Å². The molecule has 0 aliphatic carbocycles. The molecule has 4 rings (SSSR count). The van der Waals surface area contributed by atoms with E-state index in [0.717, 1.165) is 6.07 Å². The molecule has 8 nitrogen and oxygen atoms in total. The minimum atomic E-state index is -3.91. The third-order valence-corrected chi connectivity index (χ3v) is 5.85. The van der Waals surface area contributed by atoms with Crippen molar-refractivity contribution in [2.24, 2.45) is 0 Å². The molecule has 0 radical (unpaired) electrons. The van der Waals surface area contributed by atoms with Gasteiger partial charge in [0.1, 0.15) is 11.6 Å². The summed E-state index contributed by atoms with van der Waals surface area (Å²) in [6.45, 7) is 0.172. The second-order valence-corrected chi connectivity index (χ2v) is 8.37. The van der Waals surface area contributed by atoms with Crippen LogP contribution >= 0.6 is 11.6 Å². The number of benzene rings is 2. The topological polar surface area (TPSA) is 109 Å². The van der Waals surface area contributed by atoms with E-state index in [9.17, 15) is 17.6 Å². The number of rotatable bonds is 5. The second kappa shape index (κ2) is 7.81. The molecule has 1 aliphatic rings. The summed E-state index contributed by atoms with van der Waals surface area (Å²) < 4.78 is 47.4. The molecule has 30 heavy (non-hydrogen) atoms. The number of carbonyl (C=O) groups is 1. The van der Waals surface area contributed by atoms with Gasteiger partial charge in [-0.25, -0.2) is 22.6 Å². The van der Waals surface area contributed by atoms with E-state index < -0.39 is 21.9 Å². The second-order valence-electron chi connectivity index (χ2n) is 6.25. The number of sulfonamides is 1. The number of nitrogens with zero attached hydrogens (tertiary/aromatic N) is 1. The number of pyridine rings is 1. The molecule has 0 unspecified atom stereocenters. The van der Waals surface area contributed by atoms with Crippen molar-refractivity contribution in [2.45, 2.75) is 11.4 Å². The first-order valence-corrected chi connectivity index (χ1v) is 10.5. The van der Waals surface area contributed by atoms with Crippen LogP contribution in [-0.2, 0) is 16.6 Å². The third kappa shape index (κ3) is 4.14. The van der Waals surface area contributed by atoms with E-state index in [4.69, 9.17) is 16.3 Å². The van der Waals surface area contributed by atoms with Gasteiger partial charge in [0.2, 0.25) is 0 Å². The Balaban J connectivity index is 1.55. The van der Waals surface area contributed by atoms with E-state index in [2.05, 4.69) is 20.3 Å². The van der Waals surface area contributed by atoms with Gasteiger partial charge in [0.25, 0.3) is 10.0 Å². The van der Waals surface area contributed by atoms with Gasteiger partial charge in [-0.05, 0) is 42.5 Å². The van der Waals surface area contributed by atoms with Gasteiger partial charge in [0.15, 0.2) is 11.6 Å². The lowest BCUT2D eigenvalue weighted by atomic mass is 10.2. The lowest BCUT2D eigenvalue weighted by Gasteiger charge is -2.20. The lowest BCUT2D eigenvalue weighted by molar-refractivity contribution is 0.250. The molecule has 154 valence electrons. The number of ether oxygens (including phenoxy) is 1. The van der Waals surface area contributed by atoms with E-state index in [1.807, 2.05) is 0 Å². The molecule has 2 amide bonds. The Morgan fingerprint density at radius 1 is 1.10 bits per heavy atom. The van der Waals surface area contributed by atoms with E-state index in [1.165, 1.54) is 48.7 Å². The molecule has 0 spiro atoms. The van der Waals surface area contributed by atoms with E-state index in [1.54, 1.807) is 0 Å². The SMILES string of the molecule is O=C1NCc2c(Oc3ccc(NS(=O)(=O)c4ccc(Cl)cc4)cc3F)ccnc2N1. The molecule has 3 N–H and O–H groups in total. The van der Waals surface area contributed by atoms with Crippen LogP contribution in [-0.4, -0.2) is 19.4 Å². The van der Waals surface area contributed by atoms with E-state index in [0.29, 0.717) is 22.2 Å². The average Bonchev–Trinajstić information content (AvgIpc) is 2.70. The average molecular weight is 449 g/mol. The zero-order chi connectivity index (χ0) is 21.3. The first-order chi connectivity index (χ1) is 14.3. The van der Waals surface area contributed by atoms with Crippen molar-refractivity contribution in [3.05, 3.63) is 71.1 Å². The molecule has 0 saturated heterocycles. The quantitative estimate of drug-likeness (QED) is 0.544. The monoisotopic (exact) mass is 448 g/mol. The number of hydrogen-bond acceptors (Lipinski definition) is 5. The van der Waals surface area contributed by atoms with Crippen LogP contribution in [0.3, 0.4) is 0 Å². The summed E-state index contributed by atoms with van der Waals surface area (Å²) in [5.74, 6) is -0.260. The number of amides is 2. The summed E-state index contributed by atoms with van der Waals surface area (Å²) >= 11 is 5.77. The fourth-order valence-corrected chi connectivity index (χ4v) is 3.94. The molecule has 1 aliphatic heterocycles. The molecule has 0 saturated carbocycles. The van der Waals surface area contributed by atoms with Crippen LogP contribution in [0.1, 0.15) is 5.56 Å². The maximum atomic E-state index is 14.6. The number of aromatic nitrogens is 1. The normalized spacial score (nSPS) is 13.1. The predicted molar refractivity (Wildman–Crippen MR) is 109 cm³/mol. The summed E-state index contributed by atoms with van der Waals surface area (Å²) in [5, 5.41) is 5.52. The summed E-state index contributed by atoms with van der Waals surface area (Å²) in [7, 11) is -3.91. The fraction of sp³-hybridized carbons (Fsp3) is 0.0526. The molecule has 0 fully saturated rings. The molecule has 2 aromatic carbocycles. The Bertz CT molecular complexity index is 1240. The van der Waals surface area contributed by atoms with Crippen molar-refractivity contribution < 1.29 is 22.3 Å². The Labute approximate surface area is 176 Å². The van der Waals surface area contributed by atoms with Gasteiger partial charge in [-0.15, -0.1) is 0 Å². The standard InChI is InChI=1S/C19H14ClFN4O4S/c20-11-1-4-13(5-2-11)30(27,28)25-12-3-6-17(15(21)9-12)29-16-7-8-22-18-14(16)10-23-19(26)24-18/h1-9,25H,10H2,(H2,22,23,24,26). The molecule has 11 heteroatoms. The van der Waals surface area contributed by atoms with Gasteiger partial charge in [0, 0.05) is 17.3 Å². The Morgan fingerprint density at radius 3 is 2.60 bits per heavy atom. The minimum absolute atomic E-state index is 0.00871. The van der Waals surface area contributed by atoms with Crippen molar-refractivity contribution in [3.63, 3.8) is 0 Å². The van der Waals surface area contributed by atoms with Gasteiger partial charge in [-0.3, -0.25) is 10.0 Å². The predicted octanol–water partition coefficient (Wildman–Crippen LogP) is 4.10. The molecular formula is C19H14ClFN4O4S. The Morgan fingerprint density at radius 2 is 1.87 bits per heavy atom. The lowest BCUT2D eigenvalue weighted by Crippen LogP contribution is -2.34. The highest BCUT2D eigenvalue weighted by atomic mass is 35.5. The number of halogens is 2. The number of anilines is 2. The van der Waals surface area contributed by atoms with Crippen molar-refractivity contribution in [1.29, 1.82) is 0 Å². The van der Waals surface area contributed by atoms with Crippen molar-refractivity contribution in [1.82, 2.24) is 10.3 Å². The summed E-state index contributed by atoms with van der Waals surface area (Å²) in [5.41, 5.74) is 0.588. The van der Waals surface area contributed by atoms with Gasteiger partial charge in [0.05, 0.1) is 22.7 Å². The van der Waals surface area contributed by atoms with Crippen LogP contribution < -0.4 is 20.1 Å². The van der Waals surface area contributed by atoms with Crippen LogP contribution in [0.25, 0.3) is 0 Å². The summed E-state index contributed by atoms with van der Waals surface area (Å²) in [4.78, 5) is 15.4. The maximum Gasteiger partial charge on any atom is 0.320 e. The highest BCUT2D eigenvalue weighted by Crippen LogP contribution is 2.33. The van der Waals surface area contributed by atoms with Gasteiger partial charge < -0.3 is 10.1 Å². The largest absolute Gasteiger partial charge is 0.454 e. The Hall–Kier alpha value is -3.37. The summed E-state index contributed by atoms with van der Waals surface area (Å²) in [6.07, 6.45) is 1.42. The number of urea groups is 1. The van der Waals surface area contributed by atoms with Gasteiger partial charge >= 0.3 is 6.03 Å². The Kier molecular flexibility index (Phi) is 5.18. The first-order valence-electron chi connectivity index (χ1n) is 8.60. The minimum Gasteiger partial charge on any atom is -0.454 e. The maximum absolute atomic E-state index is 14.6. The number of carbonyl (C=O) groups excluding carboxylic acids is 1. The number of fused-ring (bicyclic) bond motifs is 1. The molecule has 1 aromatic heterocycles. The van der Waals surface area contributed by atoms with Crippen LogP contribution in [0.5, 0.6) is 11.5 Å². The molecule has 2 heterocycles. The molecular weight excluding hydrogens is 435 g/mol. The highest BCUT2D eigenvalue weighted by Gasteiger charge is 2.20. The smallest absolute Gasteiger partial charge is 0.320 e. The third-order valence-electron chi connectivity index (χ3n) is 4.20. The molecule has 3 aromatic rings. The van der Waals surface area contributed by atoms with E-state index in [-0.39, 0.29) is 22.9 Å². The zero-order valence-electron chi connectivity index (χ0n) is 15.1.